The van der Waals surface area contributed by atoms with Gasteiger partial charge in [-0.1, -0.05) is 17.6 Å². The zero-order valence-electron chi connectivity index (χ0n) is 9.74. The van der Waals surface area contributed by atoms with Crippen LogP contribution in [0.5, 0.6) is 17.2 Å². The summed E-state index contributed by atoms with van der Waals surface area (Å²) >= 11 is 0. The molecule has 0 atom stereocenters. The van der Waals surface area contributed by atoms with Crippen molar-refractivity contribution in [1.29, 1.82) is 0 Å². The molecular formula is C13H12BFO2. The SMILES string of the molecule is Bc1ccc(Oc2cccc(OC)c2)cc1F. The minimum atomic E-state index is -0.273. The van der Waals surface area contributed by atoms with Crippen LogP contribution in [-0.4, -0.2) is 15.0 Å². The molecule has 0 aliphatic rings. The molecule has 0 heterocycles. The van der Waals surface area contributed by atoms with E-state index >= 15 is 0 Å². The highest BCUT2D eigenvalue weighted by molar-refractivity contribution is 6.32. The minimum absolute atomic E-state index is 0.273. The van der Waals surface area contributed by atoms with Crippen molar-refractivity contribution < 1.29 is 13.9 Å². The second kappa shape index (κ2) is 4.91. The Labute approximate surface area is 100 Å². The van der Waals surface area contributed by atoms with Gasteiger partial charge in [0, 0.05) is 12.1 Å². The highest BCUT2D eigenvalue weighted by Crippen LogP contribution is 2.24. The van der Waals surface area contributed by atoms with Crippen molar-refractivity contribution in [2.24, 2.45) is 0 Å². The van der Waals surface area contributed by atoms with E-state index in [-0.39, 0.29) is 5.82 Å². The van der Waals surface area contributed by atoms with Crippen molar-refractivity contribution in [3.8, 4) is 17.2 Å². The van der Waals surface area contributed by atoms with E-state index in [2.05, 4.69) is 0 Å². The summed E-state index contributed by atoms with van der Waals surface area (Å²) in [5.41, 5.74) is 0.600. The van der Waals surface area contributed by atoms with Crippen LogP contribution in [0.25, 0.3) is 0 Å². The standard InChI is InChI=1S/C13H12BFO2/c1-16-9-3-2-4-10(7-9)17-11-5-6-12(14)13(15)8-11/h2-8H,14H2,1H3. The van der Waals surface area contributed by atoms with Crippen molar-refractivity contribution in [3.05, 3.63) is 48.3 Å². The van der Waals surface area contributed by atoms with Crippen LogP contribution < -0.4 is 14.9 Å². The molecule has 0 aromatic heterocycles. The first-order valence-electron chi connectivity index (χ1n) is 5.27. The van der Waals surface area contributed by atoms with Gasteiger partial charge in [0.05, 0.1) is 7.11 Å². The zero-order valence-corrected chi connectivity index (χ0v) is 9.74. The Morgan fingerprint density at radius 1 is 1.00 bits per heavy atom. The Balaban J connectivity index is 2.22. The summed E-state index contributed by atoms with van der Waals surface area (Å²) in [5.74, 6) is 1.52. The van der Waals surface area contributed by atoms with E-state index in [0.29, 0.717) is 22.7 Å². The van der Waals surface area contributed by atoms with E-state index in [1.165, 1.54) is 6.07 Å². The summed E-state index contributed by atoms with van der Waals surface area (Å²) in [4.78, 5) is 0. The summed E-state index contributed by atoms with van der Waals surface area (Å²) in [7, 11) is 3.30. The molecule has 86 valence electrons. The molecule has 0 aliphatic heterocycles. The van der Waals surface area contributed by atoms with Gasteiger partial charge in [0.2, 0.25) is 0 Å². The largest absolute Gasteiger partial charge is 0.497 e. The van der Waals surface area contributed by atoms with Crippen LogP contribution in [0, 0.1) is 5.82 Å². The second-order valence-electron chi connectivity index (χ2n) is 3.69. The Bertz CT molecular complexity index is 529. The molecule has 0 radical (unpaired) electrons. The molecule has 0 fully saturated rings. The van der Waals surface area contributed by atoms with Gasteiger partial charge < -0.3 is 9.47 Å². The fourth-order valence-corrected chi connectivity index (χ4v) is 1.44. The Kier molecular flexibility index (Phi) is 3.33. The normalized spacial score (nSPS) is 10.0. The first-order chi connectivity index (χ1) is 8.19. The quantitative estimate of drug-likeness (QED) is 0.749. The smallest absolute Gasteiger partial charge is 0.143 e. The number of benzene rings is 2. The minimum Gasteiger partial charge on any atom is -0.497 e. The van der Waals surface area contributed by atoms with Crippen LogP contribution >= 0.6 is 0 Å². The third-order valence-electron chi connectivity index (χ3n) is 2.42. The summed E-state index contributed by atoms with van der Waals surface area (Å²) in [6, 6.07) is 12.0. The average molecular weight is 230 g/mol. The van der Waals surface area contributed by atoms with Crippen LogP contribution in [-0.2, 0) is 0 Å². The molecule has 0 saturated heterocycles. The van der Waals surface area contributed by atoms with Crippen LogP contribution in [0.2, 0.25) is 0 Å². The van der Waals surface area contributed by atoms with Crippen molar-refractivity contribution in [1.82, 2.24) is 0 Å². The van der Waals surface area contributed by atoms with E-state index in [4.69, 9.17) is 9.47 Å². The molecule has 0 saturated carbocycles. The average Bonchev–Trinajstić information content (AvgIpc) is 2.34. The Morgan fingerprint density at radius 2 is 1.71 bits per heavy atom. The van der Waals surface area contributed by atoms with E-state index in [1.807, 2.05) is 12.1 Å². The number of methoxy groups -OCH3 is 1. The van der Waals surface area contributed by atoms with E-state index in [1.54, 1.807) is 39.2 Å². The van der Waals surface area contributed by atoms with E-state index < -0.39 is 0 Å². The molecular weight excluding hydrogens is 218 g/mol. The van der Waals surface area contributed by atoms with Crippen LogP contribution in [0.15, 0.2) is 42.5 Å². The van der Waals surface area contributed by atoms with Crippen molar-refractivity contribution >= 4 is 13.3 Å². The van der Waals surface area contributed by atoms with Crippen LogP contribution in [0.3, 0.4) is 0 Å². The zero-order chi connectivity index (χ0) is 12.3. The molecule has 0 unspecified atom stereocenters. The van der Waals surface area contributed by atoms with Gasteiger partial charge in [0.25, 0.3) is 0 Å². The maximum Gasteiger partial charge on any atom is 0.143 e. The third-order valence-corrected chi connectivity index (χ3v) is 2.42. The lowest BCUT2D eigenvalue weighted by Crippen LogP contribution is -2.07. The summed E-state index contributed by atoms with van der Waals surface area (Å²) in [6.07, 6.45) is 0. The molecule has 2 rings (SSSR count). The second-order valence-corrected chi connectivity index (χ2v) is 3.69. The van der Waals surface area contributed by atoms with Gasteiger partial charge in [0.1, 0.15) is 30.9 Å². The third kappa shape index (κ3) is 2.78. The summed E-state index contributed by atoms with van der Waals surface area (Å²) in [6.45, 7) is 0. The van der Waals surface area contributed by atoms with Gasteiger partial charge in [-0.3, -0.25) is 0 Å². The fraction of sp³-hybridized carbons (Fsp3) is 0.0769. The number of hydrogen-bond donors (Lipinski definition) is 0. The van der Waals surface area contributed by atoms with Crippen LogP contribution in [0.4, 0.5) is 4.39 Å². The number of hydrogen-bond acceptors (Lipinski definition) is 2. The number of rotatable bonds is 3. The van der Waals surface area contributed by atoms with Crippen molar-refractivity contribution in [2.45, 2.75) is 0 Å². The van der Waals surface area contributed by atoms with E-state index in [9.17, 15) is 4.39 Å². The predicted octanol–water partition coefficient (Wildman–Crippen LogP) is 1.88. The lowest BCUT2D eigenvalue weighted by molar-refractivity contribution is 0.409. The first-order valence-corrected chi connectivity index (χ1v) is 5.27. The van der Waals surface area contributed by atoms with E-state index in [0.717, 1.165) is 0 Å². The van der Waals surface area contributed by atoms with Crippen LogP contribution in [0.1, 0.15) is 0 Å². The molecule has 2 nitrogen and oxygen atoms in total. The van der Waals surface area contributed by atoms with Gasteiger partial charge in [-0.15, -0.1) is 0 Å². The predicted molar refractivity (Wildman–Crippen MR) is 67.6 cm³/mol. The van der Waals surface area contributed by atoms with Crippen molar-refractivity contribution in [2.75, 3.05) is 7.11 Å². The van der Waals surface area contributed by atoms with Gasteiger partial charge in [0.15, 0.2) is 0 Å². The molecule has 17 heavy (non-hydrogen) atoms. The first kappa shape index (κ1) is 11.5. The highest BCUT2D eigenvalue weighted by atomic mass is 19.1. The van der Waals surface area contributed by atoms with Gasteiger partial charge in [-0.2, -0.15) is 0 Å². The van der Waals surface area contributed by atoms with Gasteiger partial charge in [-0.25, -0.2) is 4.39 Å². The topological polar surface area (TPSA) is 18.5 Å². The maximum atomic E-state index is 13.3. The Hall–Kier alpha value is -1.97. The number of halogens is 1. The monoisotopic (exact) mass is 230 g/mol. The summed E-state index contributed by atoms with van der Waals surface area (Å²) < 4.78 is 23.9. The summed E-state index contributed by atoms with van der Waals surface area (Å²) in [5, 5.41) is 0. The molecule has 2 aromatic rings. The molecule has 2 aromatic carbocycles. The number of ether oxygens (including phenoxy) is 2. The van der Waals surface area contributed by atoms with Gasteiger partial charge in [-0.05, 0) is 18.2 Å². The maximum absolute atomic E-state index is 13.3. The molecule has 0 bridgehead atoms. The fourth-order valence-electron chi connectivity index (χ4n) is 1.44. The molecule has 0 amide bonds. The Morgan fingerprint density at radius 3 is 2.41 bits per heavy atom. The highest BCUT2D eigenvalue weighted by Gasteiger charge is 2.02. The lowest BCUT2D eigenvalue weighted by atomic mass is 9.96. The van der Waals surface area contributed by atoms with Gasteiger partial charge >= 0.3 is 0 Å². The molecule has 0 aliphatic carbocycles. The molecule has 4 heteroatoms. The molecule has 0 spiro atoms. The lowest BCUT2D eigenvalue weighted by Gasteiger charge is -2.08. The van der Waals surface area contributed by atoms with Crippen molar-refractivity contribution in [3.63, 3.8) is 0 Å². The molecule has 0 N–H and O–H groups in total.